The Balaban J connectivity index is 1.69. The van der Waals surface area contributed by atoms with Crippen molar-refractivity contribution in [3.05, 3.63) is 63.7 Å². The molecule has 0 aliphatic carbocycles. The highest BCUT2D eigenvalue weighted by Gasteiger charge is 2.15. The normalized spacial score (nSPS) is 13.0. The second-order valence-corrected chi connectivity index (χ2v) is 6.21. The van der Waals surface area contributed by atoms with Gasteiger partial charge in [-0.25, -0.2) is 0 Å². The fraction of sp³-hybridized carbons (Fsp3) is 0.316. The third-order valence-corrected chi connectivity index (χ3v) is 4.28. The summed E-state index contributed by atoms with van der Waals surface area (Å²) in [5.41, 5.74) is 5.02. The standard InChI is InChI=1S/C19H20F2N2O2/c1-11-5-15(6-12(2)17(11)25-19(20)21)18(24)23-8-13-3-4-14-9-22-10-16(14)7-13/h3-7,19,22H,8-10H2,1-2H3,(H,23,24). The van der Waals surface area contributed by atoms with E-state index in [-0.39, 0.29) is 11.7 Å². The summed E-state index contributed by atoms with van der Waals surface area (Å²) in [5.74, 6) is -0.119. The first-order chi connectivity index (χ1) is 11.9. The van der Waals surface area contributed by atoms with Gasteiger partial charge in [-0.05, 0) is 53.8 Å². The maximum absolute atomic E-state index is 12.4. The molecule has 2 aromatic carbocycles. The first-order valence-electron chi connectivity index (χ1n) is 8.09. The number of alkyl halides is 2. The zero-order valence-electron chi connectivity index (χ0n) is 14.2. The highest BCUT2D eigenvalue weighted by molar-refractivity contribution is 5.94. The Morgan fingerprint density at radius 3 is 2.52 bits per heavy atom. The minimum Gasteiger partial charge on any atom is -0.434 e. The quantitative estimate of drug-likeness (QED) is 0.872. The number of amides is 1. The van der Waals surface area contributed by atoms with Gasteiger partial charge in [0.05, 0.1) is 0 Å². The Labute approximate surface area is 145 Å². The number of ether oxygens (including phenoxy) is 1. The minimum atomic E-state index is -2.88. The van der Waals surface area contributed by atoms with Gasteiger partial charge in [0.1, 0.15) is 5.75 Å². The first kappa shape index (κ1) is 17.4. The number of carbonyl (C=O) groups excluding carboxylic acids is 1. The van der Waals surface area contributed by atoms with Crippen LogP contribution in [0.5, 0.6) is 5.75 Å². The molecule has 0 saturated carbocycles. The molecule has 3 rings (SSSR count). The van der Waals surface area contributed by atoms with Crippen LogP contribution in [-0.4, -0.2) is 12.5 Å². The predicted octanol–water partition coefficient (Wildman–Crippen LogP) is 3.44. The van der Waals surface area contributed by atoms with Crippen LogP contribution in [0.1, 0.15) is 38.2 Å². The average molecular weight is 346 g/mol. The van der Waals surface area contributed by atoms with Crippen molar-refractivity contribution in [2.24, 2.45) is 0 Å². The zero-order valence-corrected chi connectivity index (χ0v) is 14.2. The van der Waals surface area contributed by atoms with E-state index in [1.807, 2.05) is 6.07 Å². The summed E-state index contributed by atoms with van der Waals surface area (Å²) in [6.07, 6.45) is 0. The molecule has 0 radical (unpaired) electrons. The van der Waals surface area contributed by atoms with Gasteiger partial charge in [0.15, 0.2) is 0 Å². The lowest BCUT2D eigenvalue weighted by Gasteiger charge is -2.13. The second-order valence-electron chi connectivity index (χ2n) is 6.21. The Kier molecular flexibility index (Phi) is 4.99. The molecule has 0 saturated heterocycles. The van der Waals surface area contributed by atoms with Gasteiger partial charge >= 0.3 is 6.61 Å². The molecular formula is C19H20F2N2O2. The lowest BCUT2D eigenvalue weighted by Crippen LogP contribution is -2.23. The number of halogens is 2. The maximum Gasteiger partial charge on any atom is 0.387 e. The van der Waals surface area contributed by atoms with Crippen molar-refractivity contribution in [3.63, 3.8) is 0 Å². The van der Waals surface area contributed by atoms with Gasteiger partial charge in [0, 0.05) is 25.2 Å². The molecule has 2 N–H and O–H groups in total. The van der Waals surface area contributed by atoms with Crippen molar-refractivity contribution in [2.45, 2.75) is 40.1 Å². The highest BCUT2D eigenvalue weighted by Crippen LogP contribution is 2.26. The van der Waals surface area contributed by atoms with Gasteiger partial charge in [-0.3, -0.25) is 4.79 Å². The van der Waals surface area contributed by atoms with Gasteiger partial charge in [0.25, 0.3) is 5.91 Å². The van der Waals surface area contributed by atoms with E-state index in [1.165, 1.54) is 11.1 Å². The van der Waals surface area contributed by atoms with Crippen LogP contribution in [0.4, 0.5) is 8.78 Å². The van der Waals surface area contributed by atoms with Crippen molar-refractivity contribution in [1.82, 2.24) is 10.6 Å². The molecule has 0 atom stereocenters. The number of rotatable bonds is 5. The zero-order chi connectivity index (χ0) is 18.0. The number of nitrogens with one attached hydrogen (secondary N) is 2. The molecule has 1 aliphatic rings. The van der Waals surface area contributed by atoms with Crippen molar-refractivity contribution < 1.29 is 18.3 Å². The summed E-state index contributed by atoms with van der Waals surface area (Å²) >= 11 is 0. The van der Waals surface area contributed by atoms with E-state index in [0.29, 0.717) is 23.2 Å². The highest BCUT2D eigenvalue weighted by atomic mass is 19.3. The number of hydrogen-bond donors (Lipinski definition) is 2. The van der Waals surface area contributed by atoms with E-state index >= 15 is 0 Å². The third-order valence-electron chi connectivity index (χ3n) is 4.28. The van der Waals surface area contributed by atoms with Crippen LogP contribution in [0, 0.1) is 13.8 Å². The van der Waals surface area contributed by atoms with Crippen molar-refractivity contribution in [3.8, 4) is 5.75 Å². The Morgan fingerprint density at radius 2 is 1.84 bits per heavy atom. The number of benzene rings is 2. The molecule has 1 heterocycles. The topological polar surface area (TPSA) is 50.4 Å². The van der Waals surface area contributed by atoms with E-state index in [0.717, 1.165) is 18.7 Å². The first-order valence-corrected chi connectivity index (χ1v) is 8.09. The molecule has 0 bridgehead atoms. The lowest BCUT2D eigenvalue weighted by atomic mass is 10.0. The van der Waals surface area contributed by atoms with Gasteiger partial charge in [0.2, 0.25) is 0 Å². The molecule has 0 unspecified atom stereocenters. The summed E-state index contributed by atoms with van der Waals surface area (Å²) in [7, 11) is 0. The van der Waals surface area contributed by atoms with Crippen LogP contribution < -0.4 is 15.4 Å². The fourth-order valence-electron chi connectivity index (χ4n) is 3.10. The summed E-state index contributed by atoms with van der Waals surface area (Å²) in [4.78, 5) is 12.4. The summed E-state index contributed by atoms with van der Waals surface area (Å²) in [6, 6.07) is 9.29. The van der Waals surface area contributed by atoms with Crippen molar-refractivity contribution in [1.29, 1.82) is 0 Å². The number of aryl methyl sites for hydroxylation is 2. The van der Waals surface area contributed by atoms with Crippen molar-refractivity contribution in [2.75, 3.05) is 0 Å². The van der Waals surface area contributed by atoms with Gasteiger partial charge in [-0.1, -0.05) is 18.2 Å². The summed E-state index contributed by atoms with van der Waals surface area (Å²) < 4.78 is 29.4. The monoisotopic (exact) mass is 346 g/mol. The molecule has 0 spiro atoms. The molecular weight excluding hydrogens is 326 g/mol. The van der Waals surface area contributed by atoms with E-state index in [9.17, 15) is 13.6 Å². The van der Waals surface area contributed by atoms with Crippen LogP contribution in [0.15, 0.2) is 30.3 Å². The smallest absolute Gasteiger partial charge is 0.387 e. The molecule has 132 valence electrons. The van der Waals surface area contributed by atoms with Gasteiger partial charge in [-0.2, -0.15) is 8.78 Å². The molecule has 6 heteroatoms. The summed E-state index contributed by atoms with van der Waals surface area (Å²) in [6.45, 7) is 2.56. The van der Waals surface area contributed by atoms with Crippen LogP contribution in [-0.2, 0) is 19.6 Å². The number of hydrogen-bond acceptors (Lipinski definition) is 3. The van der Waals surface area contributed by atoms with Crippen LogP contribution >= 0.6 is 0 Å². The van der Waals surface area contributed by atoms with Crippen LogP contribution in [0.3, 0.4) is 0 Å². The summed E-state index contributed by atoms with van der Waals surface area (Å²) in [5, 5.41) is 6.16. The Hall–Kier alpha value is -2.47. The Bertz CT molecular complexity index is 783. The molecule has 2 aromatic rings. The van der Waals surface area contributed by atoms with E-state index < -0.39 is 6.61 Å². The molecule has 0 aromatic heterocycles. The van der Waals surface area contributed by atoms with Crippen molar-refractivity contribution >= 4 is 5.91 Å². The van der Waals surface area contributed by atoms with Gasteiger partial charge in [-0.15, -0.1) is 0 Å². The minimum absolute atomic E-state index is 0.123. The predicted molar refractivity (Wildman–Crippen MR) is 90.7 cm³/mol. The van der Waals surface area contributed by atoms with Crippen LogP contribution in [0.25, 0.3) is 0 Å². The molecule has 1 amide bonds. The molecule has 4 nitrogen and oxygen atoms in total. The third kappa shape index (κ3) is 3.96. The molecule has 1 aliphatic heterocycles. The number of carbonyl (C=O) groups is 1. The van der Waals surface area contributed by atoms with E-state index in [1.54, 1.807) is 26.0 Å². The van der Waals surface area contributed by atoms with Crippen LogP contribution in [0.2, 0.25) is 0 Å². The average Bonchev–Trinajstić information content (AvgIpc) is 3.03. The molecule has 25 heavy (non-hydrogen) atoms. The fourth-order valence-corrected chi connectivity index (χ4v) is 3.10. The molecule has 0 fully saturated rings. The second kappa shape index (κ2) is 7.19. The largest absolute Gasteiger partial charge is 0.434 e. The maximum atomic E-state index is 12.4. The van der Waals surface area contributed by atoms with E-state index in [4.69, 9.17) is 0 Å². The SMILES string of the molecule is Cc1cc(C(=O)NCc2ccc3c(c2)CNC3)cc(C)c1OC(F)F. The Morgan fingerprint density at radius 1 is 1.16 bits per heavy atom. The van der Waals surface area contributed by atoms with E-state index in [2.05, 4.69) is 27.5 Å². The van der Waals surface area contributed by atoms with Gasteiger partial charge < -0.3 is 15.4 Å². The number of fused-ring (bicyclic) bond motifs is 1. The lowest BCUT2D eigenvalue weighted by molar-refractivity contribution is -0.0507.